The van der Waals surface area contributed by atoms with Gasteiger partial charge < -0.3 is 39.6 Å². The average molecular weight is 711 g/mol. The zero-order valence-electron chi connectivity index (χ0n) is 30.5. The Balaban J connectivity index is 1.22. The number of fused-ring (bicyclic) bond motifs is 3. The number of aliphatic hydroxyl groups excluding tert-OH is 1. The molecule has 3 N–H and O–H groups in total. The number of carbonyl (C=O) groups excluding carboxylic acids is 2. The van der Waals surface area contributed by atoms with E-state index < -0.39 is 12.1 Å². The smallest absolute Gasteiger partial charge is 0.323 e. The molecule has 0 radical (unpaired) electrons. The number of aliphatic hydroxyl groups is 1. The number of nitrogens with zero attached hydrogens (tertiary/aromatic N) is 2. The van der Waals surface area contributed by atoms with Crippen LogP contribution >= 0.6 is 0 Å². The Morgan fingerprint density at radius 3 is 2.60 bits per heavy atom. The molecule has 0 saturated heterocycles. The molecule has 2 aliphatic heterocycles. The van der Waals surface area contributed by atoms with Crippen LogP contribution in [0.1, 0.15) is 56.0 Å². The van der Waals surface area contributed by atoms with Gasteiger partial charge in [-0.3, -0.25) is 9.69 Å². The van der Waals surface area contributed by atoms with Crippen molar-refractivity contribution in [3.8, 4) is 17.2 Å². The SMILES string of the molecule is C[C@@H]1CCCCO[C@@H](CN(C)Cc2ccc3c(c2)OCO3)[C@@H](C)CN([C@H](C)CO)C(=O)c2cc(NC(=O)Nc3cccc4ccccc34)ccc2O1. The van der Waals surface area contributed by atoms with E-state index in [1.807, 2.05) is 74.5 Å². The summed E-state index contributed by atoms with van der Waals surface area (Å²) in [5.41, 5.74) is 2.54. The van der Waals surface area contributed by atoms with Gasteiger partial charge in [0.15, 0.2) is 11.5 Å². The van der Waals surface area contributed by atoms with Crippen LogP contribution in [0.2, 0.25) is 0 Å². The van der Waals surface area contributed by atoms with Crippen molar-refractivity contribution in [1.29, 1.82) is 0 Å². The van der Waals surface area contributed by atoms with E-state index >= 15 is 0 Å². The summed E-state index contributed by atoms with van der Waals surface area (Å²) in [6.45, 7) is 8.19. The standard InChI is InChI=1S/C41H50N4O7/c1-27-22-45(28(2)25-46)40(47)34-21-32(42-41(48)43-35-14-9-12-31-11-5-6-13-33(31)35)16-18-36(34)52-29(3)10-7-8-19-49-39(27)24-44(4)23-30-15-17-37-38(20-30)51-26-50-37/h5-6,9,11-18,20-21,27-29,39,46H,7-8,10,19,22-26H2,1-4H3,(H2,42,43,48)/t27-,28+,29+,39-/m0/s1. The number of likely N-dealkylation sites (N-methyl/N-ethyl adjacent to an activating group) is 1. The molecule has 3 amide bonds. The van der Waals surface area contributed by atoms with E-state index in [1.54, 1.807) is 23.1 Å². The summed E-state index contributed by atoms with van der Waals surface area (Å²) >= 11 is 0. The number of amides is 3. The Hall–Kier alpha value is -4.84. The highest BCUT2D eigenvalue weighted by Gasteiger charge is 2.30. The summed E-state index contributed by atoms with van der Waals surface area (Å²) in [6.07, 6.45) is 2.22. The Labute approximate surface area is 305 Å². The van der Waals surface area contributed by atoms with Gasteiger partial charge in [-0.1, -0.05) is 49.4 Å². The number of anilines is 2. The molecule has 11 nitrogen and oxygen atoms in total. The van der Waals surface area contributed by atoms with Gasteiger partial charge in [-0.25, -0.2) is 4.79 Å². The number of nitrogens with one attached hydrogen (secondary N) is 2. The largest absolute Gasteiger partial charge is 0.490 e. The lowest BCUT2D eigenvalue weighted by molar-refractivity contribution is -0.0177. The van der Waals surface area contributed by atoms with Crippen LogP contribution in [0.4, 0.5) is 16.2 Å². The number of carbonyl (C=O) groups is 2. The molecule has 11 heteroatoms. The zero-order valence-corrected chi connectivity index (χ0v) is 30.5. The van der Waals surface area contributed by atoms with Crippen LogP contribution in [-0.2, 0) is 11.3 Å². The van der Waals surface area contributed by atoms with Crippen LogP contribution in [0.3, 0.4) is 0 Å². The second kappa shape index (κ2) is 17.1. The molecule has 2 heterocycles. The van der Waals surface area contributed by atoms with E-state index in [-0.39, 0.29) is 37.4 Å². The van der Waals surface area contributed by atoms with Gasteiger partial charge in [0.25, 0.3) is 5.91 Å². The summed E-state index contributed by atoms with van der Waals surface area (Å²) < 4.78 is 24.0. The van der Waals surface area contributed by atoms with Gasteiger partial charge in [0.05, 0.1) is 36.1 Å². The van der Waals surface area contributed by atoms with Gasteiger partial charge in [-0.15, -0.1) is 0 Å². The molecule has 4 aromatic carbocycles. The minimum Gasteiger partial charge on any atom is -0.490 e. The Morgan fingerprint density at radius 2 is 1.75 bits per heavy atom. The normalized spacial score (nSPS) is 20.2. The van der Waals surface area contributed by atoms with Crippen LogP contribution in [-0.4, -0.2) is 85.2 Å². The first-order chi connectivity index (χ1) is 25.2. The molecule has 4 atom stereocenters. The van der Waals surface area contributed by atoms with Gasteiger partial charge >= 0.3 is 6.03 Å². The average Bonchev–Trinajstić information content (AvgIpc) is 3.61. The first-order valence-corrected chi connectivity index (χ1v) is 18.2. The Kier molecular flexibility index (Phi) is 12.2. The van der Waals surface area contributed by atoms with Crippen molar-refractivity contribution >= 4 is 34.1 Å². The maximum absolute atomic E-state index is 14.5. The van der Waals surface area contributed by atoms with Crippen LogP contribution in [0.5, 0.6) is 17.2 Å². The lowest BCUT2D eigenvalue weighted by Gasteiger charge is -2.36. The molecule has 276 valence electrons. The van der Waals surface area contributed by atoms with Gasteiger partial charge in [0.1, 0.15) is 5.75 Å². The molecule has 2 aliphatic rings. The van der Waals surface area contributed by atoms with Crippen molar-refractivity contribution in [3.63, 3.8) is 0 Å². The highest BCUT2D eigenvalue weighted by Crippen LogP contribution is 2.33. The number of benzene rings is 4. The molecule has 0 aliphatic carbocycles. The summed E-state index contributed by atoms with van der Waals surface area (Å²) in [5, 5.41) is 18.1. The molecule has 0 spiro atoms. The zero-order chi connectivity index (χ0) is 36.6. The minimum absolute atomic E-state index is 0.0730. The number of urea groups is 1. The quantitative estimate of drug-likeness (QED) is 0.177. The molecule has 0 bridgehead atoms. The summed E-state index contributed by atoms with van der Waals surface area (Å²) in [5.74, 6) is 1.58. The summed E-state index contributed by atoms with van der Waals surface area (Å²) in [4.78, 5) is 31.7. The fourth-order valence-corrected chi connectivity index (χ4v) is 6.80. The van der Waals surface area contributed by atoms with Crippen molar-refractivity contribution in [2.24, 2.45) is 5.92 Å². The molecule has 6 rings (SSSR count). The number of hydrogen-bond donors (Lipinski definition) is 3. The molecule has 0 saturated carbocycles. The Morgan fingerprint density at radius 1 is 0.962 bits per heavy atom. The molecule has 0 aromatic heterocycles. The monoisotopic (exact) mass is 710 g/mol. The van der Waals surface area contributed by atoms with E-state index in [1.165, 1.54) is 0 Å². The van der Waals surface area contributed by atoms with Crippen LogP contribution < -0.4 is 24.8 Å². The van der Waals surface area contributed by atoms with Crippen LogP contribution in [0.15, 0.2) is 78.9 Å². The summed E-state index contributed by atoms with van der Waals surface area (Å²) in [6, 6.07) is 23.8. The molecular formula is C41H50N4O7. The predicted octanol–water partition coefficient (Wildman–Crippen LogP) is 7.14. The predicted molar refractivity (Wildman–Crippen MR) is 202 cm³/mol. The molecule has 0 fully saturated rings. The van der Waals surface area contributed by atoms with E-state index in [9.17, 15) is 14.7 Å². The topological polar surface area (TPSA) is 122 Å². The van der Waals surface area contributed by atoms with Crippen LogP contribution in [0.25, 0.3) is 10.8 Å². The van der Waals surface area contributed by atoms with E-state index in [0.717, 1.165) is 47.1 Å². The highest BCUT2D eigenvalue weighted by atomic mass is 16.7. The molecule has 0 unspecified atom stereocenters. The maximum atomic E-state index is 14.5. The van der Waals surface area contributed by atoms with Gasteiger partial charge in [0.2, 0.25) is 6.79 Å². The fourth-order valence-electron chi connectivity index (χ4n) is 6.80. The first kappa shape index (κ1) is 36.9. The summed E-state index contributed by atoms with van der Waals surface area (Å²) in [7, 11) is 2.06. The third-order valence-corrected chi connectivity index (χ3v) is 9.73. The lowest BCUT2D eigenvalue weighted by atomic mass is 10.0. The van der Waals surface area contributed by atoms with Gasteiger partial charge in [-0.05, 0) is 87.5 Å². The number of hydrogen-bond acceptors (Lipinski definition) is 8. The highest BCUT2D eigenvalue weighted by molar-refractivity contribution is 6.07. The van der Waals surface area contributed by atoms with Crippen molar-refractivity contribution < 1.29 is 33.6 Å². The van der Waals surface area contributed by atoms with E-state index in [2.05, 4.69) is 29.5 Å². The first-order valence-electron chi connectivity index (χ1n) is 18.2. The number of ether oxygens (including phenoxy) is 4. The molecule has 52 heavy (non-hydrogen) atoms. The molecular weight excluding hydrogens is 660 g/mol. The maximum Gasteiger partial charge on any atom is 0.323 e. The third-order valence-electron chi connectivity index (χ3n) is 9.73. The second-order valence-corrected chi connectivity index (χ2v) is 14.0. The van der Waals surface area contributed by atoms with Crippen molar-refractivity contribution in [1.82, 2.24) is 9.80 Å². The minimum atomic E-state index is -0.480. The second-order valence-electron chi connectivity index (χ2n) is 14.0. The third kappa shape index (κ3) is 9.14. The van der Waals surface area contributed by atoms with Crippen molar-refractivity contribution in [2.45, 2.75) is 64.8 Å². The fraction of sp³-hybridized carbons (Fsp3) is 0.415. The van der Waals surface area contributed by atoms with E-state index in [0.29, 0.717) is 48.9 Å². The number of rotatable bonds is 8. The van der Waals surface area contributed by atoms with Gasteiger partial charge in [0, 0.05) is 43.2 Å². The Bertz CT molecular complexity index is 1850. The van der Waals surface area contributed by atoms with E-state index in [4.69, 9.17) is 18.9 Å². The lowest BCUT2D eigenvalue weighted by Crippen LogP contribution is -2.47. The van der Waals surface area contributed by atoms with Crippen molar-refractivity contribution in [2.75, 3.05) is 50.8 Å². The van der Waals surface area contributed by atoms with Crippen molar-refractivity contribution in [3.05, 3.63) is 90.0 Å². The molecule has 4 aromatic rings. The van der Waals surface area contributed by atoms with Gasteiger partial charge in [-0.2, -0.15) is 0 Å². The van der Waals surface area contributed by atoms with Crippen LogP contribution in [0, 0.1) is 5.92 Å².